The van der Waals surface area contributed by atoms with Crippen molar-refractivity contribution in [3.05, 3.63) is 59.2 Å². The smallest absolute Gasteiger partial charge is 0.161 e. The second kappa shape index (κ2) is 8.91. The van der Waals surface area contributed by atoms with Crippen molar-refractivity contribution in [2.24, 2.45) is 0 Å². The highest BCUT2D eigenvalue weighted by atomic mass is 16.5. The van der Waals surface area contributed by atoms with E-state index < -0.39 is 0 Å². The van der Waals surface area contributed by atoms with E-state index in [9.17, 15) is 0 Å². The molecule has 3 nitrogen and oxygen atoms in total. The van der Waals surface area contributed by atoms with E-state index in [4.69, 9.17) is 9.47 Å². The summed E-state index contributed by atoms with van der Waals surface area (Å²) < 4.78 is 11.6. The van der Waals surface area contributed by atoms with Gasteiger partial charge in [-0.25, -0.2) is 0 Å². The molecule has 25 heavy (non-hydrogen) atoms. The van der Waals surface area contributed by atoms with Gasteiger partial charge < -0.3 is 14.8 Å². The number of hydrogen-bond donors (Lipinski definition) is 1. The molecule has 1 aliphatic carbocycles. The topological polar surface area (TPSA) is 30.5 Å². The molecule has 1 fully saturated rings. The third-order valence-corrected chi connectivity index (χ3v) is 4.86. The van der Waals surface area contributed by atoms with Crippen molar-refractivity contribution >= 4 is 0 Å². The van der Waals surface area contributed by atoms with Crippen LogP contribution in [-0.4, -0.2) is 19.8 Å². The van der Waals surface area contributed by atoms with Gasteiger partial charge in [0.1, 0.15) is 0 Å². The zero-order valence-electron chi connectivity index (χ0n) is 15.4. The van der Waals surface area contributed by atoms with Crippen molar-refractivity contribution < 1.29 is 9.47 Å². The maximum Gasteiger partial charge on any atom is 0.161 e. The quantitative estimate of drug-likeness (QED) is 0.710. The molecule has 1 aliphatic rings. The number of rotatable bonds is 8. The first kappa shape index (κ1) is 17.8. The van der Waals surface area contributed by atoms with E-state index in [0.717, 1.165) is 43.9 Å². The molecule has 134 valence electrons. The molecule has 0 heterocycles. The lowest BCUT2D eigenvalue weighted by Gasteiger charge is -2.17. The Morgan fingerprint density at radius 1 is 0.960 bits per heavy atom. The molecule has 0 aliphatic heterocycles. The van der Waals surface area contributed by atoms with Crippen molar-refractivity contribution in [3.8, 4) is 11.5 Å². The van der Waals surface area contributed by atoms with Gasteiger partial charge >= 0.3 is 0 Å². The standard InChI is InChI=1S/C22H29NO2/c1-17-7-9-18(10-8-17)13-14-23-16-19-11-12-21(24-2)22(15-19)25-20-5-3-4-6-20/h7-12,15,20,23H,3-6,13-14,16H2,1-2H3. The Kier molecular flexibility index (Phi) is 6.35. The summed E-state index contributed by atoms with van der Waals surface area (Å²) in [5.41, 5.74) is 3.92. The molecule has 0 radical (unpaired) electrons. The molecule has 1 saturated carbocycles. The lowest BCUT2D eigenvalue weighted by atomic mass is 10.1. The summed E-state index contributed by atoms with van der Waals surface area (Å²) in [5, 5.41) is 3.53. The maximum absolute atomic E-state index is 6.17. The van der Waals surface area contributed by atoms with E-state index in [1.165, 1.54) is 29.5 Å². The minimum Gasteiger partial charge on any atom is -0.493 e. The molecule has 0 bridgehead atoms. The van der Waals surface area contributed by atoms with Crippen LogP contribution < -0.4 is 14.8 Å². The largest absolute Gasteiger partial charge is 0.493 e. The molecular formula is C22H29NO2. The Balaban J connectivity index is 1.52. The third kappa shape index (κ3) is 5.23. The van der Waals surface area contributed by atoms with Gasteiger partial charge in [-0.15, -0.1) is 0 Å². The summed E-state index contributed by atoms with van der Waals surface area (Å²) in [7, 11) is 1.70. The van der Waals surface area contributed by atoms with Crippen LogP contribution in [0.2, 0.25) is 0 Å². The van der Waals surface area contributed by atoms with E-state index in [1.54, 1.807) is 7.11 Å². The Hall–Kier alpha value is -2.00. The maximum atomic E-state index is 6.17. The number of nitrogens with one attached hydrogen (secondary N) is 1. The van der Waals surface area contributed by atoms with Crippen LogP contribution in [0.25, 0.3) is 0 Å². The first-order chi connectivity index (χ1) is 12.2. The van der Waals surface area contributed by atoms with Gasteiger partial charge in [-0.2, -0.15) is 0 Å². The second-order valence-electron chi connectivity index (χ2n) is 6.92. The Bertz CT molecular complexity index is 660. The normalized spacial score (nSPS) is 14.6. The van der Waals surface area contributed by atoms with Gasteiger partial charge in [0, 0.05) is 6.54 Å². The minimum absolute atomic E-state index is 0.346. The molecule has 3 heteroatoms. The lowest BCUT2D eigenvalue weighted by Crippen LogP contribution is -2.17. The van der Waals surface area contributed by atoms with Gasteiger partial charge in [0.15, 0.2) is 11.5 Å². The highest BCUT2D eigenvalue weighted by Gasteiger charge is 2.18. The van der Waals surface area contributed by atoms with Crippen LogP contribution in [0.3, 0.4) is 0 Å². The highest BCUT2D eigenvalue weighted by molar-refractivity contribution is 5.43. The predicted octanol–water partition coefficient (Wildman–Crippen LogP) is 4.66. The molecule has 2 aromatic carbocycles. The molecule has 0 unspecified atom stereocenters. The average molecular weight is 339 g/mol. The highest BCUT2D eigenvalue weighted by Crippen LogP contribution is 2.32. The third-order valence-electron chi connectivity index (χ3n) is 4.86. The van der Waals surface area contributed by atoms with Gasteiger partial charge in [0.25, 0.3) is 0 Å². The van der Waals surface area contributed by atoms with Crippen LogP contribution in [0.1, 0.15) is 42.4 Å². The molecule has 0 saturated heterocycles. The van der Waals surface area contributed by atoms with Gasteiger partial charge in [-0.3, -0.25) is 0 Å². The number of hydrogen-bond acceptors (Lipinski definition) is 3. The first-order valence-corrected chi connectivity index (χ1v) is 9.34. The zero-order valence-corrected chi connectivity index (χ0v) is 15.4. The van der Waals surface area contributed by atoms with Gasteiger partial charge in [-0.05, 0) is 68.8 Å². The van der Waals surface area contributed by atoms with Crippen LogP contribution in [0.4, 0.5) is 0 Å². The number of benzene rings is 2. The van der Waals surface area contributed by atoms with Crippen LogP contribution in [-0.2, 0) is 13.0 Å². The molecule has 1 N–H and O–H groups in total. The fraction of sp³-hybridized carbons (Fsp3) is 0.455. The van der Waals surface area contributed by atoms with Crippen LogP contribution >= 0.6 is 0 Å². The van der Waals surface area contributed by atoms with Crippen molar-refractivity contribution in [1.82, 2.24) is 5.32 Å². The molecule has 0 aromatic heterocycles. The minimum atomic E-state index is 0.346. The summed E-state index contributed by atoms with van der Waals surface area (Å²) in [4.78, 5) is 0. The van der Waals surface area contributed by atoms with E-state index in [-0.39, 0.29) is 0 Å². The molecule has 0 amide bonds. The van der Waals surface area contributed by atoms with Crippen LogP contribution in [0.5, 0.6) is 11.5 Å². The summed E-state index contributed by atoms with van der Waals surface area (Å²) in [5.74, 6) is 1.71. The number of methoxy groups -OCH3 is 1. The van der Waals surface area contributed by atoms with Crippen molar-refractivity contribution in [3.63, 3.8) is 0 Å². The zero-order chi connectivity index (χ0) is 17.5. The van der Waals surface area contributed by atoms with Crippen molar-refractivity contribution in [1.29, 1.82) is 0 Å². The molecular weight excluding hydrogens is 310 g/mol. The lowest BCUT2D eigenvalue weighted by molar-refractivity contribution is 0.200. The van der Waals surface area contributed by atoms with Gasteiger partial charge in [0.05, 0.1) is 13.2 Å². The SMILES string of the molecule is COc1ccc(CNCCc2ccc(C)cc2)cc1OC1CCCC1. The second-order valence-corrected chi connectivity index (χ2v) is 6.92. The fourth-order valence-corrected chi connectivity index (χ4v) is 3.33. The van der Waals surface area contributed by atoms with Crippen LogP contribution in [0, 0.1) is 6.92 Å². The molecule has 0 atom stereocenters. The monoisotopic (exact) mass is 339 g/mol. The Morgan fingerprint density at radius 2 is 1.68 bits per heavy atom. The molecule has 3 rings (SSSR count). The Morgan fingerprint density at radius 3 is 2.40 bits per heavy atom. The first-order valence-electron chi connectivity index (χ1n) is 9.34. The summed E-state index contributed by atoms with van der Waals surface area (Å²) in [6.45, 7) is 3.93. The Labute approximate surface area is 151 Å². The number of ether oxygens (including phenoxy) is 2. The van der Waals surface area contributed by atoms with E-state index in [0.29, 0.717) is 6.10 Å². The van der Waals surface area contributed by atoms with E-state index in [1.807, 2.05) is 6.07 Å². The van der Waals surface area contributed by atoms with Crippen molar-refractivity contribution in [2.75, 3.05) is 13.7 Å². The summed E-state index contributed by atoms with van der Waals surface area (Å²) in [6.07, 6.45) is 6.24. The predicted molar refractivity (Wildman–Crippen MR) is 102 cm³/mol. The van der Waals surface area contributed by atoms with Crippen LogP contribution in [0.15, 0.2) is 42.5 Å². The fourth-order valence-electron chi connectivity index (χ4n) is 3.33. The van der Waals surface area contributed by atoms with Crippen molar-refractivity contribution in [2.45, 2.75) is 51.7 Å². The molecule has 0 spiro atoms. The number of aryl methyl sites for hydroxylation is 1. The average Bonchev–Trinajstić information content (AvgIpc) is 3.13. The van der Waals surface area contributed by atoms with E-state index >= 15 is 0 Å². The summed E-state index contributed by atoms with van der Waals surface area (Å²) >= 11 is 0. The van der Waals surface area contributed by atoms with Gasteiger partial charge in [0.2, 0.25) is 0 Å². The summed E-state index contributed by atoms with van der Waals surface area (Å²) in [6, 6.07) is 15.0. The van der Waals surface area contributed by atoms with Gasteiger partial charge in [-0.1, -0.05) is 35.9 Å². The molecule has 2 aromatic rings. The van der Waals surface area contributed by atoms with E-state index in [2.05, 4.69) is 48.6 Å².